The molecule has 4 heteroatoms. The Morgan fingerprint density at radius 2 is 1.94 bits per heavy atom. The van der Waals surface area contributed by atoms with Gasteiger partial charge in [0, 0.05) is 16.1 Å². The average molecular weight is 273 g/mol. The van der Waals surface area contributed by atoms with Crippen molar-refractivity contribution in [3.05, 3.63) is 33.8 Å². The largest absolute Gasteiger partial charge is 0.319 e. The Balaban J connectivity index is 2.29. The number of hydrogen-bond acceptors (Lipinski definition) is 2. The van der Waals surface area contributed by atoms with Crippen LogP contribution in [-0.4, -0.2) is 32.1 Å². The molecule has 0 amide bonds. The first kappa shape index (κ1) is 13.2. The van der Waals surface area contributed by atoms with Gasteiger partial charge in [-0.05, 0) is 63.3 Å². The molecule has 1 N–H and O–H groups in total. The number of rotatable bonds is 3. The lowest BCUT2D eigenvalue weighted by Gasteiger charge is -2.25. The van der Waals surface area contributed by atoms with Gasteiger partial charge in [0.05, 0.1) is 0 Å². The minimum atomic E-state index is 0.415. The van der Waals surface area contributed by atoms with Crippen LogP contribution in [0, 0.1) is 5.92 Å². The Morgan fingerprint density at radius 1 is 1.29 bits per heavy atom. The van der Waals surface area contributed by atoms with E-state index in [-0.39, 0.29) is 0 Å². The van der Waals surface area contributed by atoms with Gasteiger partial charge in [0.15, 0.2) is 0 Å². The number of nitrogens with zero attached hydrogens (tertiary/aromatic N) is 1. The number of likely N-dealkylation sites (tertiary alicyclic amines) is 1. The Labute approximate surface area is 113 Å². The number of hydrogen-bond donors (Lipinski definition) is 1. The third-order valence-corrected chi connectivity index (χ3v) is 3.90. The molecular formula is C13H18Cl2N2. The molecule has 1 aromatic rings. The van der Waals surface area contributed by atoms with Crippen LogP contribution in [0.3, 0.4) is 0 Å². The van der Waals surface area contributed by atoms with E-state index in [1.807, 2.05) is 19.2 Å². The molecule has 0 radical (unpaired) electrons. The van der Waals surface area contributed by atoms with E-state index in [0.29, 0.717) is 12.0 Å². The van der Waals surface area contributed by atoms with Crippen LogP contribution in [0.2, 0.25) is 10.0 Å². The first-order valence-electron chi connectivity index (χ1n) is 5.92. The molecule has 1 aliphatic heterocycles. The lowest BCUT2D eigenvalue weighted by atomic mass is 9.94. The minimum Gasteiger partial charge on any atom is -0.319 e. The van der Waals surface area contributed by atoms with E-state index in [9.17, 15) is 0 Å². The van der Waals surface area contributed by atoms with Crippen LogP contribution in [0.15, 0.2) is 18.2 Å². The van der Waals surface area contributed by atoms with Crippen molar-refractivity contribution in [1.82, 2.24) is 10.2 Å². The molecular weight excluding hydrogens is 255 g/mol. The molecule has 2 atom stereocenters. The second kappa shape index (κ2) is 5.57. The van der Waals surface area contributed by atoms with Crippen LogP contribution in [0.4, 0.5) is 0 Å². The van der Waals surface area contributed by atoms with Gasteiger partial charge in [-0.2, -0.15) is 0 Å². The summed E-state index contributed by atoms with van der Waals surface area (Å²) in [5.41, 5.74) is 1.22. The fourth-order valence-corrected chi connectivity index (χ4v) is 3.32. The van der Waals surface area contributed by atoms with Gasteiger partial charge in [-0.1, -0.05) is 23.2 Å². The molecule has 0 bridgehead atoms. The van der Waals surface area contributed by atoms with E-state index in [1.165, 1.54) is 12.0 Å². The highest BCUT2D eigenvalue weighted by Crippen LogP contribution is 2.37. The Morgan fingerprint density at radius 3 is 2.53 bits per heavy atom. The van der Waals surface area contributed by atoms with Crippen molar-refractivity contribution in [1.29, 1.82) is 0 Å². The van der Waals surface area contributed by atoms with E-state index >= 15 is 0 Å². The molecule has 1 aliphatic rings. The van der Waals surface area contributed by atoms with Crippen molar-refractivity contribution >= 4 is 23.2 Å². The standard InChI is InChI=1S/C13H18Cl2N2/c1-16-8-9-3-4-17(2)13(9)10-5-11(14)7-12(15)6-10/h5-7,9,13,16H,3-4,8H2,1-2H3. The zero-order chi connectivity index (χ0) is 12.4. The predicted molar refractivity (Wildman–Crippen MR) is 73.9 cm³/mol. The summed E-state index contributed by atoms with van der Waals surface area (Å²) in [5, 5.41) is 4.70. The molecule has 0 aromatic heterocycles. The number of benzene rings is 1. The van der Waals surface area contributed by atoms with Crippen LogP contribution < -0.4 is 5.32 Å². The summed E-state index contributed by atoms with van der Waals surface area (Å²) >= 11 is 12.2. The monoisotopic (exact) mass is 272 g/mol. The van der Waals surface area contributed by atoms with Gasteiger partial charge in [0.25, 0.3) is 0 Å². The molecule has 1 saturated heterocycles. The zero-order valence-electron chi connectivity index (χ0n) is 10.2. The summed E-state index contributed by atoms with van der Waals surface area (Å²) in [5.74, 6) is 0.625. The van der Waals surface area contributed by atoms with Gasteiger partial charge in [-0.3, -0.25) is 4.90 Å². The first-order valence-corrected chi connectivity index (χ1v) is 6.68. The molecule has 94 valence electrons. The third kappa shape index (κ3) is 2.94. The maximum Gasteiger partial charge on any atom is 0.0424 e. The summed E-state index contributed by atoms with van der Waals surface area (Å²) in [7, 11) is 4.16. The quantitative estimate of drug-likeness (QED) is 0.909. The molecule has 2 rings (SSSR count). The van der Waals surface area contributed by atoms with E-state index in [2.05, 4.69) is 17.3 Å². The van der Waals surface area contributed by atoms with Crippen LogP contribution in [0.5, 0.6) is 0 Å². The van der Waals surface area contributed by atoms with Crippen LogP contribution in [-0.2, 0) is 0 Å². The normalized spacial score (nSPS) is 25.4. The lowest BCUT2D eigenvalue weighted by molar-refractivity contribution is 0.274. The topological polar surface area (TPSA) is 15.3 Å². The van der Waals surface area contributed by atoms with Gasteiger partial charge in [0.2, 0.25) is 0 Å². The summed E-state index contributed by atoms with van der Waals surface area (Å²) in [4.78, 5) is 2.38. The maximum atomic E-state index is 6.08. The highest BCUT2D eigenvalue weighted by Gasteiger charge is 2.32. The molecule has 1 heterocycles. The molecule has 0 aliphatic carbocycles. The van der Waals surface area contributed by atoms with Crippen molar-refractivity contribution in [3.63, 3.8) is 0 Å². The summed E-state index contributed by atoms with van der Waals surface area (Å²) in [6.07, 6.45) is 1.21. The predicted octanol–water partition coefficient (Wildman–Crippen LogP) is 3.21. The highest BCUT2D eigenvalue weighted by atomic mass is 35.5. The van der Waals surface area contributed by atoms with Gasteiger partial charge in [-0.25, -0.2) is 0 Å². The van der Waals surface area contributed by atoms with Gasteiger partial charge in [-0.15, -0.1) is 0 Å². The molecule has 2 nitrogen and oxygen atoms in total. The van der Waals surface area contributed by atoms with Crippen molar-refractivity contribution in [2.75, 3.05) is 27.2 Å². The zero-order valence-corrected chi connectivity index (χ0v) is 11.7. The summed E-state index contributed by atoms with van der Waals surface area (Å²) in [6, 6.07) is 6.26. The molecule has 17 heavy (non-hydrogen) atoms. The van der Waals surface area contributed by atoms with Gasteiger partial charge in [0.1, 0.15) is 0 Å². The minimum absolute atomic E-state index is 0.415. The SMILES string of the molecule is CNCC1CCN(C)C1c1cc(Cl)cc(Cl)c1. The Kier molecular flexibility index (Phi) is 4.31. The van der Waals surface area contributed by atoms with E-state index in [1.54, 1.807) is 6.07 Å². The van der Waals surface area contributed by atoms with Crippen molar-refractivity contribution in [2.24, 2.45) is 5.92 Å². The van der Waals surface area contributed by atoms with Gasteiger partial charge >= 0.3 is 0 Å². The van der Waals surface area contributed by atoms with Crippen molar-refractivity contribution in [3.8, 4) is 0 Å². The smallest absolute Gasteiger partial charge is 0.0424 e. The second-order valence-electron chi connectivity index (χ2n) is 4.73. The van der Waals surface area contributed by atoms with Crippen LogP contribution in [0.1, 0.15) is 18.0 Å². The van der Waals surface area contributed by atoms with E-state index in [4.69, 9.17) is 23.2 Å². The lowest BCUT2D eigenvalue weighted by Crippen LogP contribution is -2.26. The molecule has 0 saturated carbocycles. The molecule has 2 unspecified atom stereocenters. The Bertz CT molecular complexity index is 373. The maximum absolute atomic E-state index is 6.08. The third-order valence-electron chi connectivity index (χ3n) is 3.47. The van der Waals surface area contributed by atoms with Gasteiger partial charge < -0.3 is 5.32 Å². The van der Waals surface area contributed by atoms with Crippen molar-refractivity contribution in [2.45, 2.75) is 12.5 Å². The summed E-state index contributed by atoms with van der Waals surface area (Å²) in [6.45, 7) is 2.15. The van der Waals surface area contributed by atoms with Crippen LogP contribution in [0.25, 0.3) is 0 Å². The molecule has 1 aromatic carbocycles. The molecule has 1 fully saturated rings. The Hall–Kier alpha value is -0.280. The second-order valence-corrected chi connectivity index (χ2v) is 5.61. The summed E-state index contributed by atoms with van der Waals surface area (Å²) < 4.78 is 0. The van der Waals surface area contributed by atoms with Crippen LogP contribution >= 0.6 is 23.2 Å². The first-order chi connectivity index (χ1) is 8.11. The van der Waals surface area contributed by atoms with Crippen molar-refractivity contribution < 1.29 is 0 Å². The molecule has 0 spiro atoms. The van der Waals surface area contributed by atoms with E-state index in [0.717, 1.165) is 23.1 Å². The highest BCUT2D eigenvalue weighted by molar-refractivity contribution is 6.34. The number of nitrogens with one attached hydrogen (secondary N) is 1. The fraction of sp³-hybridized carbons (Fsp3) is 0.538. The average Bonchev–Trinajstić information content (AvgIpc) is 2.59. The fourth-order valence-electron chi connectivity index (χ4n) is 2.77. The number of halogens is 2. The van der Waals surface area contributed by atoms with E-state index < -0.39 is 0 Å².